The second-order valence-corrected chi connectivity index (χ2v) is 8.79. The van der Waals surface area contributed by atoms with Crippen LogP contribution < -0.4 is 16.1 Å². The van der Waals surface area contributed by atoms with Crippen LogP contribution in [-0.4, -0.2) is 58.1 Å². The molecule has 7 nitrogen and oxygen atoms in total. The summed E-state index contributed by atoms with van der Waals surface area (Å²) in [4.78, 5) is 50.2. The van der Waals surface area contributed by atoms with E-state index in [1.54, 1.807) is 0 Å². The first-order valence-corrected chi connectivity index (χ1v) is 10.8. The van der Waals surface area contributed by atoms with Crippen LogP contribution >= 0.6 is 11.6 Å². The number of nitrogens with zero attached hydrogens (tertiary/aromatic N) is 1. The summed E-state index contributed by atoms with van der Waals surface area (Å²) in [7, 11) is 18.2. The molecule has 1 unspecified atom stereocenters. The Kier molecular flexibility index (Phi) is 6.29. The van der Waals surface area contributed by atoms with Crippen LogP contribution in [0.2, 0.25) is 5.02 Å². The molecule has 0 bridgehead atoms. The summed E-state index contributed by atoms with van der Waals surface area (Å²) in [5.74, 6) is -7.29. The maximum atomic E-state index is 14.7. The van der Waals surface area contributed by atoms with Gasteiger partial charge in [-0.3, -0.25) is 24.5 Å². The molecule has 2 aliphatic heterocycles. The van der Waals surface area contributed by atoms with E-state index in [9.17, 15) is 28.0 Å². The van der Waals surface area contributed by atoms with Crippen molar-refractivity contribution in [2.24, 2.45) is 0 Å². The average molecular weight is 491 g/mol. The zero-order valence-corrected chi connectivity index (χ0v) is 18.9. The fourth-order valence-electron chi connectivity index (χ4n) is 4.15. The quantitative estimate of drug-likeness (QED) is 0.463. The smallest absolute Gasteiger partial charge is 0.349 e. The zero-order valence-electron chi connectivity index (χ0n) is 18.1. The van der Waals surface area contributed by atoms with Crippen molar-refractivity contribution >= 4 is 64.2 Å². The number of carbonyl (C=O) groups excluding carboxylic acids is 4. The lowest BCUT2D eigenvalue weighted by Gasteiger charge is -2.33. The average Bonchev–Trinajstić information content (AvgIpc) is 3.11. The molecule has 4 rings (SSSR count). The fourth-order valence-corrected chi connectivity index (χ4v) is 4.27. The van der Waals surface area contributed by atoms with E-state index in [0.717, 1.165) is 12.1 Å². The number of alkyl halides is 2. The Morgan fingerprint density at radius 2 is 1.77 bits per heavy atom. The number of rotatable bonds is 5. The lowest BCUT2D eigenvalue weighted by Crippen LogP contribution is -2.54. The van der Waals surface area contributed by atoms with Gasteiger partial charge in [0.25, 0.3) is 11.8 Å². The van der Waals surface area contributed by atoms with Gasteiger partial charge in [0.1, 0.15) is 13.9 Å². The van der Waals surface area contributed by atoms with E-state index >= 15 is 0 Å². The number of imide groups is 1. The lowest BCUT2D eigenvalue weighted by atomic mass is 9.55. The Labute approximate surface area is 208 Å². The Morgan fingerprint density at radius 1 is 1.11 bits per heavy atom. The number of carbonyl (C=O) groups is 4. The largest absolute Gasteiger partial charge is 0.358 e. The Hall–Kier alpha value is -3.14. The normalized spacial score (nSPS) is 18.3. The molecular weight excluding hydrogens is 476 g/mol. The highest BCUT2D eigenvalue weighted by molar-refractivity contribution is 6.44. The number of halogens is 3. The molecule has 6 radical (unpaired) electrons. The molecule has 35 heavy (non-hydrogen) atoms. The summed E-state index contributed by atoms with van der Waals surface area (Å²) in [5, 5.41) is 1.99. The van der Waals surface area contributed by atoms with Gasteiger partial charge in [-0.15, -0.1) is 0 Å². The standard InChI is InChI=1S/C22H15B3ClF2N3O4/c23-17-13-9-31(15-7-8-16(32)29-18(15)33)19(34)12(13)5-6-14(17)22(24,25)30-20(35)21(27,28)10-1-3-11(26)4-2-10/h1-6,15H,7-9H2,(H,30,35)(H,29,32,33). The van der Waals surface area contributed by atoms with Gasteiger partial charge in [-0.25, -0.2) is 0 Å². The van der Waals surface area contributed by atoms with Gasteiger partial charge in [0.05, 0.1) is 15.7 Å². The lowest BCUT2D eigenvalue weighted by molar-refractivity contribution is -0.147. The van der Waals surface area contributed by atoms with Crippen molar-refractivity contribution in [3.63, 3.8) is 0 Å². The van der Waals surface area contributed by atoms with Crippen molar-refractivity contribution in [2.75, 3.05) is 0 Å². The summed E-state index contributed by atoms with van der Waals surface area (Å²) in [5.41, 5.74) is -0.372. The monoisotopic (exact) mass is 491 g/mol. The van der Waals surface area contributed by atoms with Gasteiger partial charge >= 0.3 is 5.92 Å². The summed E-state index contributed by atoms with van der Waals surface area (Å²) >= 11 is 5.71. The summed E-state index contributed by atoms with van der Waals surface area (Å²) in [6, 6.07) is 6.12. The van der Waals surface area contributed by atoms with Crippen molar-refractivity contribution in [3.05, 3.63) is 63.7 Å². The molecule has 0 aromatic heterocycles. The Balaban J connectivity index is 1.58. The SMILES string of the molecule is [B]c1c(C([B])([B])NC(=O)C(F)(F)c2ccc(Cl)cc2)ccc2c1CN(C1CCC(=O)NC1=O)C2=O. The number of benzene rings is 2. The summed E-state index contributed by atoms with van der Waals surface area (Å²) in [6.07, 6.45) is 0.213. The van der Waals surface area contributed by atoms with Crippen molar-refractivity contribution in [3.8, 4) is 0 Å². The molecule has 0 spiro atoms. The number of hydrogen-bond acceptors (Lipinski definition) is 4. The van der Waals surface area contributed by atoms with Crippen LogP contribution in [0.1, 0.15) is 39.9 Å². The molecule has 4 amide bonds. The molecule has 1 atom stereocenters. The minimum absolute atomic E-state index is 0.0693. The first kappa shape index (κ1) is 25.0. The minimum atomic E-state index is -3.99. The highest BCUT2D eigenvalue weighted by atomic mass is 35.5. The third-order valence-electron chi connectivity index (χ3n) is 6.02. The summed E-state index contributed by atoms with van der Waals surface area (Å²) in [6.45, 7) is -0.0922. The van der Waals surface area contributed by atoms with Gasteiger partial charge in [-0.1, -0.05) is 35.3 Å². The first-order valence-electron chi connectivity index (χ1n) is 10.4. The van der Waals surface area contributed by atoms with Gasteiger partial charge in [-0.2, -0.15) is 8.78 Å². The van der Waals surface area contributed by atoms with E-state index in [1.165, 1.54) is 29.2 Å². The molecule has 2 aliphatic rings. The van der Waals surface area contributed by atoms with E-state index in [4.69, 9.17) is 35.1 Å². The van der Waals surface area contributed by atoms with E-state index < -0.39 is 46.5 Å². The van der Waals surface area contributed by atoms with Gasteiger partial charge in [-0.05, 0) is 41.1 Å². The fraction of sp³-hybridized carbons (Fsp3) is 0.273. The van der Waals surface area contributed by atoms with Gasteiger partial charge in [0.2, 0.25) is 11.8 Å². The highest BCUT2D eigenvalue weighted by Crippen LogP contribution is 2.32. The Bertz CT molecular complexity index is 1260. The molecule has 1 saturated heterocycles. The minimum Gasteiger partial charge on any atom is -0.358 e. The van der Waals surface area contributed by atoms with Crippen LogP contribution in [0.25, 0.3) is 0 Å². The van der Waals surface area contributed by atoms with Crippen molar-refractivity contribution < 1.29 is 28.0 Å². The van der Waals surface area contributed by atoms with Crippen molar-refractivity contribution in [2.45, 2.75) is 36.7 Å². The van der Waals surface area contributed by atoms with E-state index in [0.29, 0.717) is 0 Å². The number of piperidine rings is 1. The van der Waals surface area contributed by atoms with Crippen LogP contribution in [0.4, 0.5) is 8.78 Å². The van der Waals surface area contributed by atoms with Gasteiger partial charge < -0.3 is 10.2 Å². The Morgan fingerprint density at radius 3 is 2.40 bits per heavy atom. The number of hydrogen-bond donors (Lipinski definition) is 2. The predicted molar refractivity (Wildman–Crippen MR) is 125 cm³/mol. The molecule has 2 N–H and O–H groups in total. The molecule has 2 aromatic rings. The van der Waals surface area contributed by atoms with Crippen LogP contribution in [-0.2, 0) is 32.2 Å². The predicted octanol–water partition coefficient (Wildman–Crippen LogP) is 0.250. The number of fused-ring (bicyclic) bond motifs is 1. The maximum Gasteiger partial charge on any atom is 0.349 e. The zero-order chi connectivity index (χ0) is 25.7. The molecule has 0 aliphatic carbocycles. The van der Waals surface area contributed by atoms with Crippen molar-refractivity contribution in [1.82, 2.24) is 15.5 Å². The molecule has 13 heteroatoms. The van der Waals surface area contributed by atoms with Crippen molar-refractivity contribution in [1.29, 1.82) is 0 Å². The molecular formula is C22H15B3ClF2N3O4. The third kappa shape index (κ3) is 4.47. The second kappa shape index (κ2) is 8.82. The van der Waals surface area contributed by atoms with E-state index in [-0.39, 0.29) is 46.6 Å². The first-order chi connectivity index (χ1) is 16.3. The number of amides is 4. The van der Waals surface area contributed by atoms with E-state index in [2.05, 4.69) is 5.32 Å². The van der Waals surface area contributed by atoms with Crippen LogP contribution in [0.15, 0.2) is 36.4 Å². The van der Waals surface area contributed by atoms with Crippen LogP contribution in [0.5, 0.6) is 0 Å². The molecule has 1 fully saturated rings. The summed E-state index contributed by atoms with van der Waals surface area (Å²) < 4.78 is 29.4. The molecule has 2 heterocycles. The second-order valence-electron chi connectivity index (χ2n) is 8.36. The van der Waals surface area contributed by atoms with Crippen LogP contribution in [0, 0.1) is 0 Å². The highest BCUT2D eigenvalue weighted by Gasteiger charge is 2.44. The van der Waals surface area contributed by atoms with E-state index in [1.807, 2.05) is 5.32 Å². The van der Waals surface area contributed by atoms with Crippen LogP contribution in [0.3, 0.4) is 0 Å². The van der Waals surface area contributed by atoms with Gasteiger partial charge in [0, 0.05) is 29.1 Å². The molecule has 172 valence electrons. The molecule has 0 saturated carbocycles. The molecule has 2 aromatic carbocycles. The third-order valence-corrected chi connectivity index (χ3v) is 6.27. The van der Waals surface area contributed by atoms with Gasteiger partial charge in [0.15, 0.2) is 0 Å². The number of nitrogens with one attached hydrogen (secondary N) is 2. The topological polar surface area (TPSA) is 95.6 Å². The maximum absolute atomic E-state index is 14.7.